The number of halogens is 1. The first-order valence-electron chi connectivity index (χ1n) is 9.24. The van der Waals surface area contributed by atoms with Crippen LogP contribution in [-0.2, 0) is 4.79 Å². The van der Waals surface area contributed by atoms with Crippen LogP contribution >= 0.6 is 0 Å². The van der Waals surface area contributed by atoms with Crippen molar-refractivity contribution in [3.8, 4) is 6.07 Å². The van der Waals surface area contributed by atoms with E-state index >= 15 is 0 Å². The third kappa shape index (κ3) is 5.05. The third-order valence-corrected chi connectivity index (χ3v) is 4.88. The van der Waals surface area contributed by atoms with E-state index in [4.69, 9.17) is 5.26 Å². The smallest absolute Gasteiger partial charge is 0.282 e. The molecular weight excluding hydrogens is 343 g/mol. The Morgan fingerprint density at radius 1 is 1.11 bits per heavy atom. The van der Waals surface area contributed by atoms with Gasteiger partial charge in [0.25, 0.3) is 5.91 Å². The van der Waals surface area contributed by atoms with Crippen LogP contribution in [0.1, 0.15) is 6.42 Å². The number of quaternary nitrogens is 1. The molecule has 0 saturated carbocycles. The number of para-hydroxylation sites is 1. The fourth-order valence-electron chi connectivity index (χ4n) is 3.39. The molecule has 5 nitrogen and oxygen atoms in total. The number of hydrogen-bond donors (Lipinski definition) is 1. The van der Waals surface area contributed by atoms with Crippen LogP contribution in [0.15, 0.2) is 54.6 Å². The molecule has 0 unspecified atom stereocenters. The van der Waals surface area contributed by atoms with Gasteiger partial charge in [0.1, 0.15) is 5.82 Å². The molecule has 2 aromatic rings. The van der Waals surface area contributed by atoms with E-state index in [1.165, 1.54) is 17.0 Å². The Labute approximate surface area is 159 Å². The van der Waals surface area contributed by atoms with Crippen molar-refractivity contribution in [3.05, 3.63) is 60.4 Å². The molecule has 1 N–H and O–H groups in total. The molecule has 1 aliphatic heterocycles. The van der Waals surface area contributed by atoms with Gasteiger partial charge in [0.15, 0.2) is 6.54 Å². The highest BCUT2D eigenvalue weighted by molar-refractivity contribution is 5.94. The van der Waals surface area contributed by atoms with E-state index < -0.39 is 0 Å². The zero-order valence-electron chi connectivity index (χ0n) is 15.3. The second-order valence-electron chi connectivity index (χ2n) is 6.68. The molecule has 6 heteroatoms. The molecule has 1 fully saturated rings. The second-order valence-corrected chi connectivity index (χ2v) is 6.68. The molecule has 0 spiro atoms. The highest BCUT2D eigenvalue weighted by Gasteiger charge is 2.25. The van der Waals surface area contributed by atoms with Gasteiger partial charge in [0, 0.05) is 17.9 Å². The van der Waals surface area contributed by atoms with Crippen molar-refractivity contribution in [1.82, 2.24) is 0 Å². The van der Waals surface area contributed by atoms with E-state index in [1.54, 1.807) is 17.0 Å². The zero-order chi connectivity index (χ0) is 19.1. The first kappa shape index (κ1) is 18.9. The minimum Gasteiger partial charge on any atom is -0.360 e. The molecule has 1 saturated heterocycles. The maximum atomic E-state index is 13.1. The Kier molecular flexibility index (Phi) is 6.39. The fourth-order valence-corrected chi connectivity index (χ4v) is 3.39. The molecule has 0 bridgehead atoms. The third-order valence-electron chi connectivity index (χ3n) is 4.88. The van der Waals surface area contributed by atoms with Gasteiger partial charge in [-0.2, -0.15) is 5.26 Å². The summed E-state index contributed by atoms with van der Waals surface area (Å²) in [5.74, 6) is -0.186. The quantitative estimate of drug-likeness (QED) is 0.841. The van der Waals surface area contributed by atoms with Gasteiger partial charge in [0.2, 0.25) is 0 Å². The van der Waals surface area contributed by atoms with Gasteiger partial charge >= 0.3 is 0 Å². The van der Waals surface area contributed by atoms with Crippen LogP contribution in [0.4, 0.5) is 15.8 Å². The number of carbonyl (C=O) groups is 1. The molecular formula is C21H24FN4O+. The number of nitriles is 1. The van der Waals surface area contributed by atoms with Crippen LogP contribution in [-0.4, -0.2) is 45.2 Å². The van der Waals surface area contributed by atoms with Crippen LogP contribution in [0.25, 0.3) is 0 Å². The summed E-state index contributed by atoms with van der Waals surface area (Å²) in [7, 11) is 0. The van der Waals surface area contributed by atoms with Gasteiger partial charge in [-0.1, -0.05) is 18.2 Å². The van der Waals surface area contributed by atoms with Crippen molar-refractivity contribution in [2.45, 2.75) is 6.42 Å². The number of carbonyl (C=O) groups excluding carboxylic acids is 1. The molecule has 3 rings (SSSR count). The number of anilines is 2. The Hall–Kier alpha value is -2.91. The Balaban J connectivity index is 1.57. The summed E-state index contributed by atoms with van der Waals surface area (Å²) < 4.78 is 13.1. The second kappa shape index (κ2) is 9.15. The van der Waals surface area contributed by atoms with Crippen LogP contribution in [0, 0.1) is 17.1 Å². The Bertz CT molecular complexity index is 780. The van der Waals surface area contributed by atoms with Crippen molar-refractivity contribution in [3.63, 3.8) is 0 Å². The van der Waals surface area contributed by atoms with Crippen LogP contribution in [0.5, 0.6) is 0 Å². The van der Waals surface area contributed by atoms with Gasteiger partial charge in [-0.25, -0.2) is 4.39 Å². The monoisotopic (exact) mass is 367 g/mol. The summed E-state index contributed by atoms with van der Waals surface area (Å²) in [6.45, 7) is 4.19. The highest BCUT2D eigenvalue weighted by Crippen LogP contribution is 2.15. The summed E-state index contributed by atoms with van der Waals surface area (Å²) in [5.41, 5.74) is 1.85. The predicted molar refractivity (Wildman–Crippen MR) is 103 cm³/mol. The topological polar surface area (TPSA) is 51.8 Å². The van der Waals surface area contributed by atoms with Crippen molar-refractivity contribution < 1.29 is 14.1 Å². The normalized spacial score (nSPS) is 14.6. The Morgan fingerprint density at radius 3 is 2.41 bits per heavy atom. The predicted octanol–water partition coefficient (Wildman–Crippen LogP) is 1.48. The summed E-state index contributed by atoms with van der Waals surface area (Å²) in [5, 5.41) is 8.90. The summed E-state index contributed by atoms with van der Waals surface area (Å²) in [4.78, 5) is 18.0. The highest BCUT2D eigenvalue weighted by atomic mass is 19.1. The summed E-state index contributed by atoms with van der Waals surface area (Å²) in [6.07, 6.45) is 0.314. The number of rotatable bonds is 6. The molecule has 2 aromatic carbocycles. The van der Waals surface area contributed by atoms with Gasteiger partial charge in [-0.05, 0) is 36.4 Å². The van der Waals surface area contributed by atoms with E-state index in [-0.39, 0.29) is 11.7 Å². The maximum Gasteiger partial charge on any atom is 0.282 e. The first-order valence-corrected chi connectivity index (χ1v) is 9.24. The molecule has 0 aliphatic carbocycles. The summed E-state index contributed by atoms with van der Waals surface area (Å²) in [6, 6.07) is 18.2. The minimum atomic E-state index is -0.230. The average Bonchev–Trinajstić information content (AvgIpc) is 2.70. The number of amides is 1. The van der Waals surface area contributed by atoms with Crippen molar-refractivity contribution >= 4 is 17.3 Å². The number of nitrogens with one attached hydrogen (secondary N) is 1. The van der Waals surface area contributed by atoms with Crippen LogP contribution < -0.4 is 14.7 Å². The van der Waals surface area contributed by atoms with E-state index in [9.17, 15) is 9.18 Å². The average molecular weight is 367 g/mol. The standard InChI is InChI=1S/C21H23FN4O/c22-18-7-9-19(10-8-18)25-15-13-24(14-16-25)17-21(27)26(12-4-11-23)20-5-2-1-3-6-20/h1-3,5-10H,4,12-17H2/p+1. The Morgan fingerprint density at radius 2 is 1.78 bits per heavy atom. The van der Waals surface area contributed by atoms with Gasteiger partial charge < -0.3 is 14.7 Å². The van der Waals surface area contributed by atoms with Gasteiger partial charge in [-0.3, -0.25) is 4.79 Å². The lowest BCUT2D eigenvalue weighted by molar-refractivity contribution is -0.892. The number of benzene rings is 2. The van der Waals surface area contributed by atoms with Crippen molar-refractivity contribution in [2.75, 3.05) is 49.1 Å². The van der Waals surface area contributed by atoms with E-state index in [0.717, 1.165) is 37.6 Å². The van der Waals surface area contributed by atoms with Gasteiger partial charge in [0.05, 0.1) is 38.7 Å². The lowest BCUT2D eigenvalue weighted by Crippen LogP contribution is -3.16. The van der Waals surface area contributed by atoms with Crippen molar-refractivity contribution in [2.24, 2.45) is 0 Å². The molecule has 0 atom stereocenters. The lowest BCUT2D eigenvalue weighted by atomic mass is 10.2. The van der Waals surface area contributed by atoms with E-state index in [0.29, 0.717) is 19.5 Å². The lowest BCUT2D eigenvalue weighted by Gasteiger charge is -2.34. The molecule has 140 valence electrons. The molecule has 0 radical (unpaired) electrons. The van der Waals surface area contributed by atoms with E-state index in [2.05, 4.69) is 11.0 Å². The summed E-state index contributed by atoms with van der Waals surface area (Å²) >= 11 is 0. The minimum absolute atomic E-state index is 0.0432. The SMILES string of the molecule is N#CCCN(C(=O)C[NH+]1CCN(c2ccc(F)cc2)CC1)c1ccccc1. The number of piperazine rings is 1. The zero-order valence-corrected chi connectivity index (χ0v) is 15.3. The maximum absolute atomic E-state index is 13.1. The van der Waals surface area contributed by atoms with Crippen molar-refractivity contribution in [1.29, 1.82) is 5.26 Å². The molecule has 27 heavy (non-hydrogen) atoms. The van der Waals surface area contributed by atoms with E-state index in [1.807, 2.05) is 30.3 Å². The molecule has 1 aliphatic rings. The molecule has 1 heterocycles. The number of hydrogen-bond acceptors (Lipinski definition) is 3. The van der Waals surface area contributed by atoms with Crippen LogP contribution in [0.2, 0.25) is 0 Å². The largest absolute Gasteiger partial charge is 0.360 e. The van der Waals surface area contributed by atoms with Gasteiger partial charge in [-0.15, -0.1) is 0 Å². The molecule has 0 aromatic heterocycles. The first-order chi connectivity index (χ1) is 13.2. The fraction of sp³-hybridized carbons (Fsp3) is 0.333. The van der Waals surface area contributed by atoms with Crippen LogP contribution in [0.3, 0.4) is 0 Å². The molecule has 1 amide bonds. The number of nitrogens with zero attached hydrogens (tertiary/aromatic N) is 3.